The summed E-state index contributed by atoms with van der Waals surface area (Å²) in [5, 5.41) is 6.57. The third-order valence-electron chi connectivity index (χ3n) is 8.55. The predicted molar refractivity (Wildman–Crippen MR) is 190 cm³/mol. The van der Waals surface area contributed by atoms with Gasteiger partial charge in [-0.3, -0.25) is 9.52 Å². The zero-order valence-corrected chi connectivity index (χ0v) is 32.2. The average molecular weight is 616 g/mol. The molecule has 0 aromatic heterocycles. The number of ether oxygens (including phenoxy) is 1. The van der Waals surface area contributed by atoms with E-state index in [0.29, 0.717) is 18.1 Å². The number of hydrogen-bond donors (Lipinski definition) is 3. The third-order valence-corrected chi connectivity index (χ3v) is 9.78. The van der Waals surface area contributed by atoms with Crippen LogP contribution in [0.3, 0.4) is 0 Å². The lowest BCUT2D eigenvalue weighted by molar-refractivity contribution is -0.128. The van der Waals surface area contributed by atoms with Crippen molar-refractivity contribution in [3.05, 3.63) is 0 Å². The molecule has 2 unspecified atom stereocenters. The van der Waals surface area contributed by atoms with Crippen molar-refractivity contribution in [1.29, 1.82) is 0 Å². The van der Waals surface area contributed by atoms with Gasteiger partial charge in [0.25, 0.3) is 0 Å². The number of nitrogens with one attached hydrogen (secondary N) is 3. The second kappa shape index (κ2) is 20.7. The maximum atomic E-state index is 13.2. The molecule has 0 saturated carbocycles. The Morgan fingerprint density at radius 1 is 0.810 bits per heavy atom. The van der Waals surface area contributed by atoms with Crippen molar-refractivity contribution in [1.82, 2.24) is 15.4 Å². The molecule has 0 fully saturated rings. The van der Waals surface area contributed by atoms with Crippen molar-refractivity contribution >= 4 is 17.9 Å². The zero-order chi connectivity index (χ0) is 33.3. The van der Waals surface area contributed by atoms with Crippen LogP contribution >= 0.6 is 11.9 Å². The van der Waals surface area contributed by atoms with Crippen molar-refractivity contribution in [2.75, 3.05) is 20.2 Å². The SMILES string of the molecule is CCC(CC(C)(C)SNC(C)CC(C)(C)C)C(=O)NC(C)(C)CCOC(C)(C)C(C)(C)CCNC.CCCCCCC. The lowest BCUT2D eigenvalue weighted by atomic mass is 9.74. The Morgan fingerprint density at radius 2 is 1.36 bits per heavy atom. The summed E-state index contributed by atoms with van der Waals surface area (Å²) in [5.41, 5.74) is -0.199. The first-order valence-corrected chi connectivity index (χ1v) is 17.9. The van der Waals surface area contributed by atoms with Gasteiger partial charge in [-0.05, 0) is 105 Å². The minimum atomic E-state index is -0.313. The normalized spacial score (nSPS) is 14.7. The van der Waals surface area contributed by atoms with Gasteiger partial charge >= 0.3 is 0 Å². The molecule has 0 radical (unpaired) electrons. The standard InChI is InChI=1S/C29H61N3O2S.C7H16/c1-15-23(21-28(10,11)35-32-22(2)20-25(3,4)5)24(33)31-27(8,9)17-19-34-29(12,13)26(6,7)16-18-30-14;1-3-5-7-6-4-2/h22-23,30,32H,15-21H2,1-14H3,(H,31,33);3-7H2,1-2H3. The Kier molecular flexibility index (Phi) is 21.6. The molecule has 0 spiro atoms. The van der Waals surface area contributed by atoms with E-state index >= 15 is 0 Å². The number of carbonyl (C=O) groups excluding carboxylic acids is 1. The summed E-state index contributed by atoms with van der Waals surface area (Å²) >= 11 is 1.78. The summed E-state index contributed by atoms with van der Waals surface area (Å²) in [6, 6.07) is 0.430. The Bertz CT molecular complexity index is 694. The summed E-state index contributed by atoms with van der Waals surface area (Å²) in [5.74, 6) is 0.150. The van der Waals surface area contributed by atoms with E-state index in [2.05, 4.69) is 119 Å². The highest BCUT2D eigenvalue weighted by atomic mass is 32.2. The summed E-state index contributed by atoms with van der Waals surface area (Å²) in [4.78, 5) is 13.2. The van der Waals surface area contributed by atoms with Crippen LogP contribution in [0.2, 0.25) is 0 Å². The molecule has 1 amide bonds. The van der Waals surface area contributed by atoms with Gasteiger partial charge in [0.05, 0.1) is 5.60 Å². The third kappa shape index (κ3) is 21.4. The number of unbranched alkanes of at least 4 members (excludes halogenated alkanes) is 4. The topological polar surface area (TPSA) is 62.4 Å². The second-order valence-corrected chi connectivity index (χ2v) is 17.8. The van der Waals surface area contributed by atoms with Gasteiger partial charge in [-0.2, -0.15) is 0 Å². The fourth-order valence-electron chi connectivity index (χ4n) is 4.95. The molecular weight excluding hydrogens is 538 g/mol. The van der Waals surface area contributed by atoms with E-state index in [4.69, 9.17) is 4.74 Å². The van der Waals surface area contributed by atoms with E-state index < -0.39 is 0 Å². The Hall–Kier alpha value is -0.300. The van der Waals surface area contributed by atoms with E-state index in [1.165, 1.54) is 32.1 Å². The molecular formula is C36H77N3O2S. The summed E-state index contributed by atoms with van der Waals surface area (Å²) in [7, 11) is 1.99. The maximum absolute atomic E-state index is 13.2. The first kappa shape index (κ1) is 43.8. The molecule has 0 aliphatic heterocycles. The van der Waals surface area contributed by atoms with Crippen molar-refractivity contribution in [3.8, 4) is 0 Å². The lowest BCUT2D eigenvalue weighted by Crippen LogP contribution is -2.49. The minimum absolute atomic E-state index is 0.00525. The van der Waals surface area contributed by atoms with E-state index in [1.807, 2.05) is 7.05 Å². The highest BCUT2D eigenvalue weighted by molar-refractivity contribution is 7.98. The summed E-state index contributed by atoms with van der Waals surface area (Å²) < 4.78 is 9.97. The largest absolute Gasteiger partial charge is 0.375 e. The summed E-state index contributed by atoms with van der Waals surface area (Å²) in [6.45, 7) is 34.8. The van der Waals surface area contributed by atoms with Crippen LogP contribution in [0.1, 0.15) is 168 Å². The van der Waals surface area contributed by atoms with Crippen LogP contribution in [0.5, 0.6) is 0 Å². The quantitative estimate of drug-likeness (QED) is 0.0886. The van der Waals surface area contributed by atoms with Gasteiger partial charge < -0.3 is 15.4 Å². The summed E-state index contributed by atoms with van der Waals surface area (Å²) in [6.07, 6.45) is 11.6. The van der Waals surface area contributed by atoms with Gasteiger partial charge in [0.2, 0.25) is 5.91 Å². The van der Waals surface area contributed by atoms with Gasteiger partial charge in [-0.25, -0.2) is 0 Å². The van der Waals surface area contributed by atoms with E-state index in [9.17, 15) is 4.79 Å². The zero-order valence-electron chi connectivity index (χ0n) is 31.4. The minimum Gasteiger partial charge on any atom is -0.375 e. The molecule has 5 nitrogen and oxygen atoms in total. The Morgan fingerprint density at radius 3 is 1.81 bits per heavy atom. The van der Waals surface area contributed by atoms with Crippen LogP contribution in [-0.4, -0.2) is 48.0 Å². The monoisotopic (exact) mass is 616 g/mol. The Labute approximate surface area is 269 Å². The van der Waals surface area contributed by atoms with Crippen molar-refractivity contribution in [3.63, 3.8) is 0 Å². The first-order chi connectivity index (χ1) is 19.1. The van der Waals surface area contributed by atoms with Crippen molar-refractivity contribution in [2.45, 2.75) is 190 Å². The molecule has 0 aliphatic carbocycles. The molecule has 0 bridgehead atoms. The molecule has 2 atom stereocenters. The predicted octanol–water partition coefficient (Wildman–Crippen LogP) is 9.94. The van der Waals surface area contributed by atoms with Crippen molar-refractivity contribution in [2.24, 2.45) is 16.7 Å². The van der Waals surface area contributed by atoms with Crippen LogP contribution < -0.4 is 15.4 Å². The highest BCUT2D eigenvalue weighted by Gasteiger charge is 2.38. The van der Waals surface area contributed by atoms with E-state index in [0.717, 1.165) is 38.6 Å². The molecule has 0 heterocycles. The van der Waals surface area contributed by atoms with Gasteiger partial charge in [-0.1, -0.05) is 99.4 Å². The first-order valence-electron chi connectivity index (χ1n) is 17.1. The molecule has 42 heavy (non-hydrogen) atoms. The fourth-order valence-corrected chi connectivity index (χ4v) is 5.84. The average Bonchev–Trinajstić information content (AvgIpc) is 2.84. The van der Waals surface area contributed by atoms with E-state index in [-0.39, 0.29) is 33.1 Å². The molecule has 6 heteroatoms. The van der Waals surface area contributed by atoms with Crippen LogP contribution in [0, 0.1) is 16.7 Å². The van der Waals surface area contributed by atoms with Crippen LogP contribution in [-0.2, 0) is 9.53 Å². The molecule has 0 rings (SSSR count). The molecule has 0 aliphatic rings. The lowest BCUT2D eigenvalue weighted by Gasteiger charge is -2.42. The number of amides is 1. The van der Waals surface area contributed by atoms with Crippen molar-refractivity contribution < 1.29 is 9.53 Å². The van der Waals surface area contributed by atoms with Gasteiger partial charge in [-0.15, -0.1) is 0 Å². The second-order valence-electron chi connectivity index (χ2n) is 16.2. The number of carbonyl (C=O) groups is 1. The fraction of sp³-hybridized carbons (Fsp3) is 0.972. The molecule has 0 aromatic rings. The van der Waals surface area contributed by atoms with E-state index in [1.54, 1.807) is 11.9 Å². The van der Waals surface area contributed by atoms with Gasteiger partial charge in [0.1, 0.15) is 0 Å². The van der Waals surface area contributed by atoms with Crippen LogP contribution in [0.4, 0.5) is 0 Å². The van der Waals surface area contributed by atoms with Crippen LogP contribution in [0.25, 0.3) is 0 Å². The highest BCUT2D eigenvalue weighted by Crippen LogP contribution is 2.37. The molecule has 0 aromatic carbocycles. The number of rotatable bonds is 21. The van der Waals surface area contributed by atoms with Crippen LogP contribution in [0.15, 0.2) is 0 Å². The Balaban J connectivity index is 0. The maximum Gasteiger partial charge on any atom is 0.223 e. The molecule has 3 N–H and O–H groups in total. The number of hydrogen-bond acceptors (Lipinski definition) is 5. The molecule has 0 saturated heterocycles. The van der Waals surface area contributed by atoms with Gasteiger partial charge in [0, 0.05) is 28.9 Å². The molecule has 254 valence electrons. The van der Waals surface area contributed by atoms with Gasteiger partial charge in [0.15, 0.2) is 0 Å². The smallest absolute Gasteiger partial charge is 0.223 e.